The number of ether oxygens (including phenoxy) is 2. The van der Waals surface area contributed by atoms with Gasteiger partial charge in [-0.05, 0) is 12.8 Å². The second kappa shape index (κ2) is 5.69. The maximum absolute atomic E-state index is 9.50. The minimum Gasteiger partial charge on any atom is -0.384 e. The van der Waals surface area contributed by atoms with Gasteiger partial charge in [0.25, 0.3) is 0 Å². The van der Waals surface area contributed by atoms with E-state index in [1.807, 2.05) is 6.92 Å². The Kier molecular flexibility index (Phi) is 4.85. The van der Waals surface area contributed by atoms with E-state index in [1.165, 1.54) is 0 Å². The van der Waals surface area contributed by atoms with Crippen LogP contribution in [0.5, 0.6) is 0 Å². The van der Waals surface area contributed by atoms with Crippen LogP contribution < -0.4 is 0 Å². The molecule has 0 bridgehead atoms. The van der Waals surface area contributed by atoms with Crippen LogP contribution in [0.1, 0.15) is 33.1 Å². The molecule has 0 aromatic carbocycles. The lowest BCUT2D eigenvalue weighted by molar-refractivity contribution is -0.202. The van der Waals surface area contributed by atoms with Crippen molar-refractivity contribution in [2.45, 2.75) is 45.5 Å². The normalized spacial score (nSPS) is 38.6. The lowest BCUT2D eigenvalue weighted by Gasteiger charge is -2.38. The van der Waals surface area contributed by atoms with Crippen molar-refractivity contribution in [1.82, 2.24) is 0 Å². The molecule has 0 radical (unpaired) electrons. The first-order valence-electron chi connectivity index (χ1n) is 5.51. The molecule has 0 spiro atoms. The maximum atomic E-state index is 9.50. The fourth-order valence-electron chi connectivity index (χ4n) is 2.39. The average molecular weight is 202 g/mol. The zero-order valence-corrected chi connectivity index (χ0v) is 9.40. The zero-order valence-electron chi connectivity index (χ0n) is 9.40. The van der Waals surface area contributed by atoms with E-state index < -0.39 is 6.29 Å². The molecule has 1 aliphatic rings. The van der Waals surface area contributed by atoms with Crippen LogP contribution in [0, 0.1) is 11.8 Å². The SMILES string of the molecule is CCCC1CC(O)OC(C)C1COC. The smallest absolute Gasteiger partial charge is 0.155 e. The van der Waals surface area contributed by atoms with Crippen LogP contribution in [0.15, 0.2) is 0 Å². The van der Waals surface area contributed by atoms with Crippen LogP contribution in [0.2, 0.25) is 0 Å². The first-order valence-corrected chi connectivity index (χ1v) is 5.51. The predicted molar refractivity (Wildman–Crippen MR) is 54.9 cm³/mol. The average Bonchev–Trinajstić information content (AvgIpc) is 2.11. The summed E-state index contributed by atoms with van der Waals surface area (Å²) in [5.74, 6) is 0.974. The van der Waals surface area contributed by atoms with Crippen molar-refractivity contribution in [3.05, 3.63) is 0 Å². The summed E-state index contributed by atoms with van der Waals surface area (Å²) in [6.07, 6.45) is 2.60. The van der Waals surface area contributed by atoms with Crippen LogP contribution in [0.25, 0.3) is 0 Å². The third-order valence-electron chi connectivity index (χ3n) is 3.10. The van der Waals surface area contributed by atoms with Gasteiger partial charge in [0.15, 0.2) is 6.29 Å². The number of aliphatic hydroxyl groups excluding tert-OH is 1. The zero-order chi connectivity index (χ0) is 10.6. The van der Waals surface area contributed by atoms with Gasteiger partial charge in [-0.2, -0.15) is 0 Å². The topological polar surface area (TPSA) is 38.7 Å². The van der Waals surface area contributed by atoms with Gasteiger partial charge in [-0.15, -0.1) is 0 Å². The third kappa shape index (κ3) is 2.94. The molecule has 4 unspecified atom stereocenters. The lowest BCUT2D eigenvalue weighted by Crippen LogP contribution is -2.41. The van der Waals surface area contributed by atoms with E-state index in [9.17, 15) is 5.11 Å². The molecule has 1 N–H and O–H groups in total. The fraction of sp³-hybridized carbons (Fsp3) is 1.00. The predicted octanol–water partition coefficient (Wildman–Crippen LogP) is 1.79. The quantitative estimate of drug-likeness (QED) is 0.755. The number of methoxy groups -OCH3 is 1. The largest absolute Gasteiger partial charge is 0.384 e. The summed E-state index contributed by atoms with van der Waals surface area (Å²) >= 11 is 0. The van der Waals surface area contributed by atoms with Crippen LogP contribution in [-0.4, -0.2) is 31.2 Å². The molecule has 0 aromatic heterocycles. The van der Waals surface area contributed by atoms with Gasteiger partial charge in [-0.3, -0.25) is 0 Å². The summed E-state index contributed by atoms with van der Waals surface area (Å²) in [5, 5.41) is 9.50. The highest BCUT2D eigenvalue weighted by Crippen LogP contribution is 2.33. The number of hydrogen-bond acceptors (Lipinski definition) is 3. The molecule has 4 atom stereocenters. The molecule has 0 aliphatic carbocycles. The summed E-state index contributed by atoms with van der Waals surface area (Å²) in [7, 11) is 1.72. The number of aliphatic hydroxyl groups is 1. The van der Waals surface area contributed by atoms with Crippen molar-refractivity contribution >= 4 is 0 Å². The molecule has 1 saturated heterocycles. The highest BCUT2D eigenvalue weighted by atomic mass is 16.6. The Morgan fingerprint density at radius 2 is 2.21 bits per heavy atom. The third-order valence-corrected chi connectivity index (χ3v) is 3.10. The van der Waals surface area contributed by atoms with Crippen molar-refractivity contribution in [2.75, 3.05) is 13.7 Å². The highest BCUT2D eigenvalue weighted by molar-refractivity contribution is 4.80. The summed E-state index contributed by atoms with van der Waals surface area (Å²) in [6, 6.07) is 0. The van der Waals surface area contributed by atoms with Crippen molar-refractivity contribution in [2.24, 2.45) is 11.8 Å². The van der Waals surface area contributed by atoms with E-state index in [1.54, 1.807) is 7.11 Å². The molecule has 1 rings (SSSR count). The monoisotopic (exact) mass is 202 g/mol. The van der Waals surface area contributed by atoms with Gasteiger partial charge in [0, 0.05) is 19.4 Å². The van der Waals surface area contributed by atoms with E-state index in [0.29, 0.717) is 11.8 Å². The van der Waals surface area contributed by atoms with E-state index in [0.717, 1.165) is 25.9 Å². The van der Waals surface area contributed by atoms with Crippen LogP contribution in [-0.2, 0) is 9.47 Å². The van der Waals surface area contributed by atoms with Gasteiger partial charge < -0.3 is 14.6 Å². The molecular weight excluding hydrogens is 180 g/mol. The van der Waals surface area contributed by atoms with E-state index >= 15 is 0 Å². The second-order valence-corrected chi connectivity index (χ2v) is 4.20. The molecule has 3 heteroatoms. The molecule has 0 saturated carbocycles. The molecule has 0 aromatic rings. The molecule has 84 valence electrons. The van der Waals surface area contributed by atoms with E-state index in [-0.39, 0.29) is 6.10 Å². The van der Waals surface area contributed by atoms with E-state index in [2.05, 4.69) is 6.92 Å². The van der Waals surface area contributed by atoms with Crippen LogP contribution in [0.4, 0.5) is 0 Å². The number of hydrogen-bond donors (Lipinski definition) is 1. The summed E-state index contributed by atoms with van der Waals surface area (Å²) in [6.45, 7) is 4.93. The van der Waals surface area contributed by atoms with Gasteiger partial charge in [0.1, 0.15) is 0 Å². The Morgan fingerprint density at radius 3 is 2.79 bits per heavy atom. The first-order chi connectivity index (χ1) is 6.69. The maximum Gasteiger partial charge on any atom is 0.155 e. The Hall–Kier alpha value is -0.120. The Labute approximate surface area is 86.4 Å². The second-order valence-electron chi connectivity index (χ2n) is 4.20. The molecule has 1 heterocycles. The first kappa shape index (κ1) is 12.0. The summed E-state index contributed by atoms with van der Waals surface area (Å²) in [5.41, 5.74) is 0. The van der Waals surface area contributed by atoms with Gasteiger partial charge in [-0.1, -0.05) is 19.8 Å². The van der Waals surface area contributed by atoms with Crippen molar-refractivity contribution in [3.63, 3.8) is 0 Å². The van der Waals surface area contributed by atoms with Gasteiger partial charge in [-0.25, -0.2) is 0 Å². The van der Waals surface area contributed by atoms with Gasteiger partial charge >= 0.3 is 0 Å². The summed E-state index contributed by atoms with van der Waals surface area (Å²) in [4.78, 5) is 0. The van der Waals surface area contributed by atoms with Gasteiger partial charge in [0.05, 0.1) is 12.7 Å². The molecule has 1 aliphatic heterocycles. The highest BCUT2D eigenvalue weighted by Gasteiger charge is 2.34. The van der Waals surface area contributed by atoms with Crippen molar-refractivity contribution in [3.8, 4) is 0 Å². The van der Waals surface area contributed by atoms with E-state index in [4.69, 9.17) is 9.47 Å². The minimum atomic E-state index is -0.574. The molecule has 0 amide bonds. The number of rotatable bonds is 4. The lowest BCUT2D eigenvalue weighted by atomic mass is 9.81. The molecule has 3 nitrogen and oxygen atoms in total. The standard InChI is InChI=1S/C11H22O3/c1-4-5-9-6-11(12)14-8(2)10(9)7-13-3/h8-12H,4-7H2,1-3H3. The Morgan fingerprint density at radius 1 is 1.50 bits per heavy atom. The molecule has 14 heavy (non-hydrogen) atoms. The molecular formula is C11H22O3. The summed E-state index contributed by atoms with van der Waals surface area (Å²) < 4.78 is 10.6. The van der Waals surface area contributed by atoms with Gasteiger partial charge in [0.2, 0.25) is 0 Å². The van der Waals surface area contributed by atoms with Crippen LogP contribution >= 0.6 is 0 Å². The fourth-order valence-corrected chi connectivity index (χ4v) is 2.39. The Balaban J connectivity index is 2.55. The van der Waals surface area contributed by atoms with Crippen molar-refractivity contribution < 1.29 is 14.6 Å². The Bertz CT molecular complexity index is 161. The minimum absolute atomic E-state index is 0.107. The molecule has 1 fully saturated rings. The van der Waals surface area contributed by atoms with Crippen LogP contribution in [0.3, 0.4) is 0 Å². The van der Waals surface area contributed by atoms with Crippen molar-refractivity contribution in [1.29, 1.82) is 0 Å².